The van der Waals surface area contributed by atoms with Gasteiger partial charge < -0.3 is 25.1 Å². The number of hydrogen-bond acceptors (Lipinski definition) is 9. The van der Waals surface area contributed by atoms with E-state index in [4.69, 9.17) is 0 Å². The average molecular weight is 527 g/mol. The number of hydrogen-bond donors (Lipinski definition) is 3. The second-order valence-corrected chi connectivity index (χ2v) is 9.17. The highest BCUT2D eigenvalue weighted by atomic mass is 16.4. The van der Waals surface area contributed by atoms with Crippen molar-refractivity contribution >= 4 is 17.9 Å². The van der Waals surface area contributed by atoms with Gasteiger partial charge in [0.25, 0.3) is 0 Å². The van der Waals surface area contributed by atoms with Crippen molar-refractivity contribution in [1.29, 1.82) is 0 Å². The minimum Gasteiger partial charge on any atom is -0.480 e. The molecule has 0 fully saturated rings. The Morgan fingerprint density at radius 3 is 1.97 bits per heavy atom. The van der Waals surface area contributed by atoms with Gasteiger partial charge in [-0.15, -0.1) is 0 Å². The molecule has 0 spiro atoms. The Hall–Kier alpha value is -4.03. The van der Waals surface area contributed by atoms with Crippen molar-refractivity contribution in [3.05, 3.63) is 71.6 Å². The lowest BCUT2D eigenvalue weighted by atomic mass is 10.2. The summed E-state index contributed by atoms with van der Waals surface area (Å²) in [6.07, 6.45) is 3.46. The molecule has 0 saturated carbocycles. The van der Waals surface area contributed by atoms with Gasteiger partial charge in [-0.1, -0.05) is 12.1 Å². The molecular weight excluding hydrogens is 492 g/mol. The van der Waals surface area contributed by atoms with Gasteiger partial charge >= 0.3 is 17.9 Å². The monoisotopic (exact) mass is 526 g/mol. The van der Waals surface area contributed by atoms with Crippen LogP contribution in [0.3, 0.4) is 0 Å². The number of rotatable bonds is 9. The van der Waals surface area contributed by atoms with E-state index < -0.39 is 17.9 Å². The zero-order valence-electron chi connectivity index (χ0n) is 21.4. The average Bonchev–Trinajstić information content (AvgIpc) is 2.85. The number of aromatic nitrogens is 2. The third-order valence-corrected chi connectivity index (χ3v) is 6.05. The molecule has 3 N–H and O–H groups in total. The second kappa shape index (κ2) is 14.1. The summed E-state index contributed by atoms with van der Waals surface area (Å²) in [6, 6.07) is 10.6. The molecule has 0 radical (unpaired) electrons. The van der Waals surface area contributed by atoms with Crippen LogP contribution in [-0.2, 0) is 22.7 Å². The summed E-state index contributed by atoms with van der Waals surface area (Å²) in [5.41, 5.74) is 2.27. The lowest BCUT2D eigenvalue weighted by Gasteiger charge is -2.32. The van der Waals surface area contributed by atoms with E-state index in [0.717, 1.165) is 11.4 Å². The molecule has 0 aliphatic carbocycles. The fraction of sp³-hybridized carbons (Fsp3) is 0.423. The van der Waals surface area contributed by atoms with E-state index in [1.807, 2.05) is 34.9 Å². The topological polar surface area (TPSA) is 151 Å². The van der Waals surface area contributed by atoms with Crippen molar-refractivity contribution in [2.75, 3.05) is 52.4 Å². The van der Waals surface area contributed by atoms with Gasteiger partial charge in [-0.25, -0.2) is 9.78 Å². The van der Waals surface area contributed by atoms with Crippen LogP contribution < -0.4 is 0 Å². The summed E-state index contributed by atoms with van der Waals surface area (Å²) in [5, 5.41) is 28.2. The molecule has 0 bridgehead atoms. The number of carboxylic acids is 3. The van der Waals surface area contributed by atoms with Crippen LogP contribution in [0.2, 0.25) is 0 Å². The standard InChI is InChI=1S/C26H34N6O6/c1-20-4-2-5-21(27-20)16-29-8-12-31(18-24(33)34)14-10-30(11-15-32(13-9-29)19-25(35)36)17-22-6-3-7-23(28-22)26(37)38/h2-7,10,14H,8-9,11-13,15-19H2,1H3,(H,33,34)(H,35,36)(H,37,38)/b14-10-. The number of aryl methyl sites for hydroxylation is 1. The molecule has 0 aromatic carbocycles. The normalized spacial score (nSPS) is 16.9. The minimum atomic E-state index is -1.12. The van der Waals surface area contributed by atoms with Crippen LogP contribution in [0.1, 0.15) is 27.6 Å². The molecule has 0 atom stereocenters. The Labute approximate surface area is 221 Å². The van der Waals surface area contributed by atoms with Gasteiger partial charge in [0.1, 0.15) is 12.2 Å². The van der Waals surface area contributed by atoms with Crippen molar-refractivity contribution in [2.45, 2.75) is 20.0 Å². The van der Waals surface area contributed by atoms with Crippen LogP contribution in [0.5, 0.6) is 0 Å². The number of nitrogens with zero attached hydrogens (tertiary/aromatic N) is 6. The van der Waals surface area contributed by atoms with E-state index >= 15 is 0 Å². The fourth-order valence-corrected chi connectivity index (χ4v) is 4.14. The molecule has 12 nitrogen and oxygen atoms in total. The van der Waals surface area contributed by atoms with E-state index in [1.54, 1.807) is 29.4 Å². The summed E-state index contributed by atoms with van der Waals surface area (Å²) in [7, 11) is 0. The number of carboxylic acid groups (broad SMARTS) is 3. The molecule has 2 aromatic rings. The summed E-state index contributed by atoms with van der Waals surface area (Å²) in [5.74, 6) is -3.00. The van der Waals surface area contributed by atoms with Crippen LogP contribution >= 0.6 is 0 Å². The SMILES string of the molecule is Cc1cccc(CN2CCN(CC(=O)O)/C=C\N(Cc3cccc(C(=O)O)n3)CCN(CC(=O)O)CC2)n1. The molecule has 2 aromatic heterocycles. The highest BCUT2D eigenvalue weighted by Crippen LogP contribution is 2.09. The van der Waals surface area contributed by atoms with Crippen molar-refractivity contribution in [1.82, 2.24) is 29.6 Å². The highest BCUT2D eigenvalue weighted by Gasteiger charge is 2.17. The molecule has 1 aliphatic rings. The van der Waals surface area contributed by atoms with Crippen LogP contribution in [0, 0.1) is 6.92 Å². The first kappa shape index (κ1) is 28.5. The van der Waals surface area contributed by atoms with Gasteiger partial charge in [0.15, 0.2) is 0 Å². The van der Waals surface area contributed by atoms with Gasteiger partial charge in [0.05, 0.1) is 24.5 Å². The van der Waals surface area contributed by atoms with Crippen molar-refractivity contribution < 1.29 is 29.7 Å². The Balaban J connectivity index is 1.83. The largest absolute Gasteiger partial charge is 0.480 e. The van der Waals surface area contributed by atoms with Crippen molar-refractivity contribution in [2.24, 2.45) is 0 Å². The highest BCUT2D eigenvalue weighted by molar-refractivity contribution is 5.85. The first-order valence-electron chi connectivity index (χ1n) is 12.3. The molecule has 0 amide bonds. The van der Waals surface area contributed by atoms with E-state index in [2.05, 4.69) is 14.9 Å². The predicted octanol–water partition coefficient (Wildman–Crippen LogP) is 1.05. The predicted molar refractivity (Wildman–Crippen MR) is 138 cm³/mol. The van der Waals surface area contributed by atoms with E-state index in [9.17, 15) is 29.7 Å². The minimum absolute atomic E-state index is 0.0657. The molecule has 204 valence electrons. The van der Waals surface area contributed by atoms with E-state index in [0.29, 0.717) is 51.5 Å². The lowest BCUT2D eigenvalue weighted by molar-refractivity contribution is -0.139. The molecule has 1 aliphatic heterocycles. The van der Waals surface area contributed by atoms with Crippen LogP contribution in [0.15, 0.2) is 48.8 Å². The van der Waals surface area contributed by atoms with Gasteiger partial charge in [-0.2, -0.15) is 0 Å². The van der Waals surface area contributed by atoms with Gasteiger partial charge in [-0.05, 0) is 31.2 Å². The van der Waals surface area contributed by atoms with Crippen molar-refractivity contribution in [3.63, 3.8) is 0 Å². The second-order valence-electron chi connectivity index (χ2n) is 9.17. The molecule has 12 heteroatoms. The van der Waals surface area contributed by atoms with Gasteiger partial charge in [0.2, 0.25) is 0 Å². The molecule has 0 saturated heterocycles. The van der Waals surface area contributed by atoms with Crippen LogP contribution in [-0.4, -0.2) is 115 Å². The zero-order valence-corrected chi connectivity index (χ0v) is 21.4. The Morgan fingerprint density at radius 2 is 1.29 bits per heavy atom. The van der Waals surface area contributed by atoms with Crippen LogP contribution in [0.25, 0.3) is 0 Å². The lowest BCUT2D eigenvalue weighted by Crippen LogP contribution is -2.43. The molecule has 38 heavy (non-hydrogen) atoms. The summed E-state index contributed by atoms with van der Waals surface area (Å²) in [4.78, 5) is 50.8. The first-order valence-corrected chi connectivity index (χ1v) is 12.3. The summed E-state index contributed by atoms with van der Waals surface area (Å²) in [6.45, 7) is 5.41. The third-order valence-electron chi connectivity index (χ3n) is 6.05. The number of carbonyl (C=O) groups is 3. The number of aliphatic carboxylic acids is 2. The van der Waals surface area contributed by atoms with Gasteiger partial charge in [0, 0.05) is 63.9 Å². The number of aromatic carboxylic acids is 1. The number of pyridine rings is 2. The van der Waals surface area contributed by atoms with Crippen LogP contribution in [0.4, 0.5) is 0 Å². The molecule has 0 unspecified atom stereocenters. The fourth-order valence-electron chi connectivity index (χ4n) is 4.14. The molecular formula is C26H34N6O6. The first-order chi connectivity index (χ1) is 18.2. The zero-order chi connectivity index (χ0) is 27.5. The summed E-state index contributed by atoms with van der Waals surface area (Å²) >= 11 is 0. The maximum atomic E-state index is 11.6. The maximum absolute atomic E-state index is 11.6. The van der Waals surface area contributed by atoms with Gasteiger partial charge in [-0.3, -0.25) is 24.4 Å². The van der Waals surface area contributed by atoms with E-state index in [1.165, 1.54) is 6.07 Å². The van der Waals surface area contributed by atoms with Crippen molar-refractivity contribution in [3.8, 4) is 0 Å². The smallest absolute Gasteiger partial charge is 0.354 e. The molecule has 3 heterocycles. The van der Waals surface area contributed by atoms with E-state index in [-0.39, 0.29) is 25.3 Å². The summed E-state index contributed by atoms with van der Waals surface area (Å²) < 4.78 is 0. The Kier molecular flexibility index (Phi) is 10.6. The Bertz CT molecular complexity index is 1140. The third kappa shape index (κ3) is 9.79. The molecule has 3 rings (SSSR count). The Morgan fingerprint density at radius 1 is 0.711 bits per heavy atom. The quantitative estimate of drug-likeness (QED) is 0.428. The maximum Gasteiger partial charge on any atom is 0.354 e.